The molecule has 11 rings (SSSR count). The van der Waals surface area contributed by atoms with Gasteiger partial charge in [0.2, 0.25) is 0 Å². The van der Waals surface area contributed by atoms with Crippen molar-refractivity contribution in [2.24, 2.45) is 0 Å². The van der Waals surface area contributed by atoms with Crippen LogP contribution in [0.5, 0.6) is 5.75 Å². The summed E-state index contributed by atoms with van der Waals surface area (Å²) in [6.07, 6.45) is 1.88. The SMILES string of the molecule is CC(C)(C)c1ccc(-n2c(-c3ccccc3O)nc3c(-c4cc(-c5ccccc5)cc(-c5nccc6c5oc5cc7ccccc7cc56)c4)cccc32)c(-c2ccccc2)c1. The molecule has 5 heteroatoms. The molecule has 0 bridgehead atoms. The summed E-state index contributed by atoms with van der Waals surface area (Å²) in [4.78, 5) is 10.5. The molecule has 0 radical (unpaired) electrons. The first-order valence-corrected chi connectivity index (χ1v) is 20.7. The summed E-state index contributed by atoms with van der Waals surface area (Å²) < 4.78 is 8.92. The minimum Gasteiger partial charge on any atom is -0.507 e. The molecule has 0 fully saturated rings. The van der Waals surface area contributed by atoms with Crippen molar-refractivity contribution >= 4 is 43.7 Å². The quantitative estimate of drug-likeness (QED) is 0.182. The van der Waals surface area contributed by atoms with Crippen LogP contribution in [0.4, 0.5) is 0 Å². The van der Waals surface area contributed by atoms with Gasteiger partial charge in [-0.2, -0.15) is 0 Å². The number of hydrogen-bond donors (Lipinski definition) is 1. The number of pyridine rings is 1. The summed E-state index contributed by atoms with van der Waals surface area (Å²) in [7, 11) is 0. The molecular formula is C56H41N3O2. The number of fused-ring (bicyclic) bond motifs is 5. The van der Waals surface area contributed by atoms with Gasteiger partial charge in [0.05, 0.1) is 22.3 Å². The van der Waals surface area contributed by atoms with Gasteiger partial charge in [-0.1, -0.05) is 136 Å². The largest absolute Gasteiger partial charge is 0.507 e. The molecule has 0 aliphatic rings. The number of hydrogen-bond acceptors (Lipinski definition) is 4. The maximum atomic E-state index is 11.4. The van der Waals surface area contributed by atoms with Crippen molar-refractivity contribution < 1.29 is 9.52 Å². The zero-order valence-electron chi connectivity index (χ0n) is 34.1. The molecule has 5 nitrogen and oxygen atoms in total. The van der Waals surface area contributed by atoms with Gasteiger partial charge >= 0.3 is 0 Å². The molecule has 11 aromatic rings. The molecule has 3 heterocycles. The van der Waals surface area contributed by atoms with Crippen LogP contribution < -0.4 is 0 Å². The third-order valence-electron chi connectivity index (χ3n) is 11.9. The Kier molecular flexibility index (Phi) is 8.46. The molecule has 0 aliphatic heterocycles. The highest BCUT2D eigenvalue weighted by Crippen LogP contribution is 2.43. The van der Waals surface area contributed by atoms with Crippen LogP contribution in [-0.4, -0.2) is 19.6 Å². The van der Waals surface area contributed by atoms with Crippen LogP contribution in [0.15, 0.2) is 193 Å². The van der Waals surface area contributed by atoms with Crippen molar-refractivity contribution in [3.05, 3.63) is 194 Å². The molecule has 0 amide bonds. The maximum absolute atomic E-state index is 11.4. The molecule has 0 unspecified atom stereocenters. The summed E-state index contributed by atoms with van der Waals surface area (Å²) >= 11 is 0. The van der Waals surface area contributed by atoms with E-state index in [1.54, 1.807) is 6.07 Å². The van der Waals surface area contributed by atoms with E-state index in [0.717, 1.165) is 88.7 Å². The van der Waals surface area contributed by atoms with Gasteiger partial charge in [0.1, 0.15) is 22.9 Å². The third-order valence-corrected chi connectivity index (χ3v) is 11.9. The summed E-state index contributed by atoms with van der Waals surface area (Å²) in [5.74, 6) is 0.821. The van der Waals surface area contributed by atoms with E-state index in [4.69, 9.17) is 14.4 Å². The minimum atomic E-state index is -0.0656. The summed E-state index contributed by atoms with van der Waals surface area (Å²) in [5, 5.41) is 15.8. The molecule has 0 atom stereocenters. The van der Waals surface area contributed by atoms with Crippen molar-refractivity contribution in [1.82, 2.24) is 14.5 Å². The molecule has 1 N–H and O–H groups in total. The summed E-state index contributed by atoms with van der Waals surface area (Å²) in [5.41, 5.74) is 14.1. The standard InChI is InChI=1S/C56H41N3O2/c1-56(2,3)42-25-26-48(46(34-42)36-17-8-5-9-18-36)59-49-23-14-22-43(53(49)58-55(59)45-21-12-13-24-50(45)60)40-29-39(35-15-6-4-7-16-35)30-41(31-40)52-54-44(27-28-57-52)47-32-37-19-10-11-20-38(37)33-51(47)61-54/h4-34,60H,1-3H3. The molecule has 0 aliphatic carbocycles. The Labute approximate surface area is 353 Å². The lowest BCUT2D eigenvalue weighted by molar-refractivity contribution is 0.477. The number of rotatable bonds is 6. The topological polar surface area (TPSA) is 64.1 Å². The lowest BCUT2D eigenvalue weighted by Crippen LogP contribution is -2.12. The van der Waals surface area contributed by atoms with Crippen LogP contribution in [0.25, 0.3) is 105 Å². The number of furan rings is 1. The van der Waals surface area contributed by atoms with E-state index in [9.17, 15) is 5.11 Å². The number of imidazole rings is 1. The van der Waals surface area contributed by atoms with Crippen LogP contribution in [0.3, 0.4) is 0 Å². The summed E-state index contributed by atoms with van der Waals surface area (Å²) in [6, 6.07) is 63.0. The highest BCUT2D eigenvalue weighted by molar-refractivity contribution is 6.13. The molecule has 61 heavy (non-hydrogen) atoms. The first-order valence-electron chi connectivity index (χ1n) is 20.7. The first-order chi connectivity index (χ1) is 29.8. The maximum Gasteiger partial charge on any atom is 0.161 e. The van der Waals surface area contributed by atoms with Gasteiger partial charge in [-0.3, -0.25) is 9.55 Å². The van der Waals surface area contributed by atoms with Gasteiger partial charge in [-0.05, 0) is 111 Å². The molecule has 3 aromatic heterocycles. The highest BCUT2D eigenvalue weighted by atomic mass is 16.3. The monoisotopic (exact) mass is 787 g/mol. The van der Waals surface area contributed by atoms with Crippen molar-refractivity contribution in [3.8, 4) is 67.5 Å². The molecule has 8 aromatic carbocycles. The number of nitrogens with zero attached hydrogens (tertiary/aromatic N) is 3. The lowest BCUT2D eigenvalue weighted by atomic mass is 9.85. The van der Waals surface area contributed by atoms with Gasteiger partial charge < -0.3 is 9.52 Å². The molecule has 0 spiro atoms. The normalized spacial score (nSPS) is 11.9. The van der Waals surface area contributed by atoms with Crippen LogP contribution in [-0.2, 0) is 5.41 Å². The molecule has 0 saturated heterocycles. The Bertz CT molecular complexity index is 3460. The van der Waals surface area contributed by atoms with Gasteiger partial charge in [0.15, 0.2) is 5.58 Å². The van der Waals surface area contributed by atoms with Crippen LogP contribution in [0, 0.1) is 0 Å². The Morgan fingerprint density at radius 2 is 1.20 bits per heavy atom. The average Bonchev–Trinajstić information content (AvgIpc) is 3.86. The zero-order chi connectivity index (χ0) is 41.2. The molecule has 0 saturated carbocycles. The van der Waals surface area contributed by atoms with Crippen LogP contribution in [0.1, 0.15) is 26.3 Å². The van der Waals surface area contributed by atoms with Gasteiger partial charge in [0, 0.05) is 33.7 Å². The second kappa shape index (κ2) is 14.2. The fourth-order valence-electron chi connectivity index (χ4n) is 8.78. The Balaban J connectivity index is 1.18. The van der Waals surface area contributed by atoms with E-state index in [0.29, 0.717) is 11.4 Å². The van der Waals surface area contributed by atoms with E-state index >= 15 is 0 Å². The highest BCUT2D eigenvalue weighted by Gasteiger charge is 2.24. The number of benzene rings is 8. The molecular weight excluding hydrogens is 747 g/mol. The molecule has 292 valence electrons. The first kappa shape index (κ1) is 36.3. The van der Waals surface area contributed by atoms with Crippen LogP contribution >= 0.6 is 0 Å². The van der Waals surface area contributed by atoms with Gasteiger partial charge in [-0.25, -0.2) is 4.98 Å². The Hall–Kier alpha value is -7.76. The number of phenolic OH excluding ortho intramolecular Hbond substituents is 1. The van der Waals surface area contributed by atoms with E-state index < -0.39 is 0 Å². The fraction of sp³-hybridized carbons (Fsp3) is 0.0714. The lowest BCUT2D eigenvalue weighted by Gasteiger charge is -2.23. The van der Waals surface area contributed by atoms with E-state index in [1.165, 1.54) is 10.9 Å². The predicted molar refractivity (Wildman–Crippen MR) is 251 cm³/mol. The van der Waals surface area contributed by atoms with E-state index in [2.05, 4.69) is 165 Å². The zero-order valence-corrected chi connectivity index (χ0v) is 34.1. The second-order valence-corrected chi connectivity index (χ2v) is 16.8. The Morgan fingerprint density at radius 3 is 1.97 bits per heavy atom. The van der Waals surface area contributed by atoms with Gasteiger partial charge in [-0.15, -0.1) is 0 Å². The van der Waals surface area contributed by atoms with Crippen molar-refractivity contribution in [2.75, 3.05) is 0 Å². The van der Waals surface area contributed by atoms with Crippen LogP contribution in [0.2, 0.25) is 0 Å². The number of aromatic nitrogens is 3. The fourth-order valence-corrected chi connectivity index (χ4v) is 8.78. The number of aromatic hydroxyl groups is 1. The van der Waals surface area contributed by atoms with Crippen molar-refractivity contribution in [1.29, 1.82) is 0 Å². The third kappa shape index (κ3) is 6.25. The van der Waals surface area contributed by atoms with Crippen molar-refractivity contribution in [3.63, 3.8) is 0 Å². The van der Waals surface area contributed by atoms with Crippen molar-refractivity contribution in [2.45, 2.75) is 26.2 Å². The number of para-hydroxylation sites is 2. The number of phenols is 1. The van der Waals surface area contributed by atoms with Gasteiger partial charge in [0.25, 0.3) is 0 Å². The van der Waals surface area contributed by atoms with E-state index in [1.807, 2.05) is 42.6 Å². The Morgan fingerprint density at radius 1 is 0.525 bits per heavy atom. The minimum absolute atomic E-state index is 0.0656. The predicted octanol–water partition coefficient (Wildman–Crippen LogP) is 14.8. The second-order valence-electron chi connectivity index (χ2n) is 16.8. The summed E-state index contributed by atoms with van der Waals surface area (Å²) in [6.45, 7) is 6.73. The van der Waals surface area contributed by atoms with E-state index in [-0.39, 0.29) is 11.2 Å². The average molecular weight is 788 g/mol. The smallest absolute Gasteiger partial charge is 0.161 e.